The van der Waals surface area contributed by atoms with Crippen LogP contribution >= 0.6 is 0 Å². The molecule has 0 aliphatic carbocycles. The third kappa shape index (κ3) is 3.85. The van der Waals surface area contributed by atoms with Gasteiger partial charge in [-0.15, -0.1) is 0 Å². The van der Waals surface area contributed by atoms with E-state index >= 15 is 0 Å². The van der Waals surface area contributed by atoms with Gasteiger partial charge in [-0.3, -0.25) is 9.52 Å². The molecule has 0 aliphatic rings. The van der Waals surface area contributed by atoms with Crippen LogP contribution in [0.5, 0.6) is 5.75 Å². The van der Waals surface area contributed by atoms with Gasteiger partial charge in [0.2, 0.25) is 10.0 Å². The maximum Gasteiger partial charge on any atom is 0.337 e. The summed E-state index contributed by atoms with van der Waals surface area (Å²) in [6.07, 6.45) is 0. The Morgan fingerprint density at radius 1 is 1.29 bits per heavy atom. The number of carbonyl (C=O) groups is 2. The van der Waals surface area contributed by atoms with E-state index in [1.165, 1.54) is 25.3 Å². The Labute approximate surface area is 121 Å². The summed E-state index contributed by atoms with van der Waals surface area (Å²) in [6.45, 7) is 1.13. The van der Waals surface area contributed by atoms with E-state index in [0.717, 1.165) is 14.0 Å². The van der Waals surface area contributed by atoms with E-state index in [-0.39, 0.29) is 17.0 Å². The number of esters is 1. The maximum atomic E-state index is 12.0. The first-order chi connectivity index (χ1) is 9.72. The highest BCUT2D eigenvalue weighted by molar-refractivity contribution is 7.94. The molecule has 0 aromatic heterocycles. The Morgan fingerprint density at radius 2 is 1.90 bits per heavy atom. The van der Waals surface area contributed by atoms with Crippen molar-refractivity contribution in [1.29, 1.82) is 0 Å². The van der Waals surface area contributed by atoms with Gasteiger partial charge in [0.15, 0.2) is 5.25 Å². The van der Waals surface area contributed by atoms with Crippen molar-refractivity contribution in [1.82, 2.24) is 0 Å². The van der Waals surface area contributed by atoms with Gasteiger partial charge < -0.3 is 14.6 Å². The first-order valence-electron chi connectivity index (χ1n) is 5.73. The molecule has 8 nitrogen and oxygen atoms in total. The van der Waals surface area contributed by atoms with Gasteiger partial charge in [-0.1, -0.05) is 0 Å². The molecule has 1 atom stereocenters. The van der Waals surface area contributed by atoms with Crippen LogP contribution < -0.4 is 9.46 Å². The number of methoxy groups -OCH3 is 2. The first kappa shape index (κ1) is 16.8. The zero-order chi connectivity index (χ0) is 16.2. The summed E-state index contributed by atoms with van der Waals surface area (Å²) in [7, 11) is -1.74. The van der Waals surface area contributed by atoms with Crippen molar-refractivity contribution < 1.29 is 32.6 Å². The van der Waals surface area contributed by atoms with E-state index in [4.69, 9.17) is 9.84 Å². The maximum absolute atomic E-state index is 12.0. The lowest BCUT2D eigenvalue weighted by atomic mass is 10.2. The van der Waals surface area contributed by atoms with Crippen molar-refractivity contribution in [3.8, 4) is 5.75 Å². The van der Waals surface area contributed by atoms with E-state index < -0.39 is 27.2 Å². The number of hydrogen-bond acceptors (Lipinski definition) is 6. The number of carbonyl (C=O) groups excluding carboxylic acids is 1. The standard InChI is InChI=1S/C12H15NO7S/c1-7(12(16)20-3)21(17,18)13-10-6-8(19-2)4-5-9(10)11(14)15/h4-7,13H,1-3H3,(H,14,15). The average Bonchev–Trinajstić information content (AvgIpc) is 2.44. The van der Waals surface area contributed by atoms with E-state index in [2.05, 4.69) is 9.46 Å². The number of anilines is 1. The largest absolute Gasteiger partial charge is 0.497 e. The lowest BCUT2D eigenvalue weighted by molar-refractivity contribution is -0.139. The quantitative estimate of drug-likeness (QED) is 0.741. The molecule has 2 N–H and O–H groups in total. The molecule has 1 unspecified atom stereocenters. The molecule has 116 valence electrons. The molecule has 0 bridgehead atoms. The number of carboxylic acid groups (broad SMARTS) is 1. The molecular formula is C12H15NO7S. The van der Waals surface area contributed by atoms with Crippen LogP contribution in [0, 0.1) is 0 Å². The summed E-state index contributed by atoms with van der Waals surface area (Å²) in [4.78, 5) is 22.4. The Morgan fingerprint density at radius 3 is 2.38 bits per heavy atom. The van der Waals surface area contributed by atoms with Crippen LogP contribution in [-0.2, 0) is 19.6 Å². The number of rotatable bonds is 6. The molecule has 1 aromatic rings. The normalized spacial score (nSPS) is 12.3. The van der Waals surface area contributed by atoms with E-state index in [1.807, 2.05) is 0 Å². The van der Waals surface area contributed by atoms with Crippen molar-refractivity contribution >= 4 is 27.6 Å². The molecule has 0 saturated heterocycles. The number of carboxylic acids is 1. The van der Waals surface area contributed by atoms with Gasteiger partial charge in [0.25, 0.3) is 0 Å². The van der Waals surface area contributed by atoms with Gasteiger partial charge in [-0.05, 0) is 19.1 Å². The zero-order valence-corrected chi connectivity index (χ0v) is 12.4. The molecule has 0 amide bonds. The lowest BCUT2D eigenvalue weighted by Crippen LogP contribution is -2.33. The van der Waals surface area contributed by atoms with Crippen LogP contribution in [0.2, 0.25) is 0 Å². The summed E-state index contributed by atoms with van der Waals surface area (Å²) in [5.74, 6) is -2.01. The van der Waals surface area contributed by atoms with Crippen molar-refractivity contribution in [3.63, 3.8) is 0 Å². The van der Waals surface area contributed by atoms with Crippen LogP contribution in [-0.4, -0.2) is 44.9 Å². The predicted molar refractivity (Wildman–Crippen MR) is 74.0 cm³/mol. The molecule has 0 spiro atoms. The summed E-state index contributed by atoms with van der Waals surface area (Å²) in [6, 6.07) is 3.79. The highest BCUT2D eigenvalue weighted by atomic mass is 32.2. The SMILES string of the molecule is COC(=O)C(C)S(=O)(=O)Nc1cc(OC)ccc1C(=O)O. The predicted octanol–water partition coefficient (Wildman–Crippen LogP) is 0.697. The Kier molecular flexibility index (Phi) is 5.14. The molecule has 21 heavy (non-hydrogen) atoms. The van der Waals surface area contributed by atoms with E-state index in [1.54, 1.807) is 0 Å². The van der Waals surface area contributed by atoms with Crippen molar-refractivity contribution in [3.05, 3.63) is 23.8 Å². The van der Waals surface area contributed by atoms with Crippen LogP contribution in [0.25, 0.3) is 0 Å². The summed E-state index contributed by atoms with van der Waals surface area (Å²) >= 11 is 0. The summed E-state index contributed by atoms with van der Waals surface area (Å²) in [5.41, 5.74) is -0.464. The number of benzene rings is 1. The third-order valence-corrected chi connectivity index (χ3v) is 4.34. The second kappa shape index (κ2) is 6.44. The Bertz CT molecular complexity index is 654. The minimum Gasteiger partial charge on any atom is -0.497 e. The Hall–Kier alpha value is -2.29. The molecule has 1 rings (SSSR count). The second-order valence-corrected chi connectivity index (χ2v) is 6.03. The number of nitrogens with one attached hydrogen (secondary N) is 1. The van der Waals surface area contributed by atoms with Gasteiger partial charge in [-0.2, -0.15) is 0 Å². The van der Waals surface area contributed by atoms with Gasteiger partial charge in [0, 0.05) is 6.07 Å². The topological polar surface area (TPSA) is 119 Å². The summed E-state index contributed by atoms with van der Waals surface area (Å²) in [5, 5.41) is 7.56. The minimum absolute atomic E-state index is 0.197. The Balaban J connectivity index is 3.22. The molecule has 0 radical (unpaired) electrons. The van der Waals surface area contributed by atoms with Gasteiger partial charge in [0.05, 0.1) is 25.5 Å². The number of hydrogen-bond donors (Lipinski definition) is 2. The lowest BCUT2D eigenvalue weighted by Gasteiger charge is -2.15. The average molecular weight is 317 g/mol. The fourth-order valence-corrected chi connectivity index (χ4v) is 2.46. The number of aromatic carboxylic acids is 1. The number of ether oxygens (including phenoxy) is 2. The third-order valence-electron chi connectivity index (χ3n) is 2.71. The van der Waals surface area contributed by atoms with E-state index in [0.29, 0.717) is 0 Å². The first-order valence-corrected chi connectivity index (χ1v) is 7.28. The molecule has 9 heteroatoms. The highest BCUT2D eigenvalue weighted by Gasteiger charge is 2.30. The molecular weight excluding hydrogens is 302 g/mol. The molecule has 0 heterocycles. The molecule has 0 fully saturated rings. The van der Waals surface area contributed by atoms with Crippen molar-refractivity contribution in [2.24, 2.45) is 0 Å². The number of sulfonamides is 1. The second-order valence-electron chi connectivity index (χ2n) is 4.03. The van der Waals surface area contributed by atoms with Crippen LogP contribution in [0.3, 0.4) is 0 Å². The van der Waals surface area contributed by atoms with Crippen LogP contribution in [0.4, 0.5) is 5.69 Å². The van der Waals surface area contributed by atoms with Crippen molar-refractivity contribution in [2.75, 3.05) is 18.9 Å². The minimum atomic E-state index is -4.15. The monoisotopic (exact) mass is 317 g/mol. The van der Waals surface area contributed by atoms with Crippen LogP contribution in [0.15, 0.2) is 18.2 Å². The van der Waals surface area contributed by atoms with E-state index in [9.17, 15) is 18.0 Å². The highest BCUT2D eigenvalue weighted by Crippen LogP contribution is 2.24. The molecule has 0 aliphatic heterocycles. The van der Waals surface area contributed by atoms with Gasteiger partial charge in [0.1, 0.15) is 5.75 Å². The fourth-order valence-electron chi connectivity index (χ4n) is 1.46. The van der Waals surface area contributed by atoms with Gasteiger partial charge >= 0.3 is 11.9 Å². The molecule has 1 aromatic carbocycles. The van der Waals surface area contributed by atoms with Crippen LogP contribution in [0.1, 0.15) is 17.3 Å². The smallest absolute Gasteiger partial charge is 0.337 e. The van der Waals surface area contributed by atoms with Gasteiger partial charge in [-0.25, -0.2) is 13.2 Å². The van der Waals surface area contributed by atoms with Crippen molar-refractivity contribution in [2.45, 2.75) is 12.2 Å². The molecule has 0 saturated carbocycles. The summed E-state index contributed by atoms with van der Waals surface area (Å²) < 4.78 is 35.4. The fraction of sp³-hybridized carbons (Fsp3) is 0.333. The zero-order valence-electron chi connectivity index (χ0n) is 11.6.